The first-order valence-corrected chi connectivity index (χ1v) is 10.2. The second-order valence-electron chi connectivity index (χ2n) is 7.43. The summed E-state index contributed by atoms with van der Waals surface area (Å²) in [6.45, 7) is 5.29. The summed E-state index contributed by atoms with van der Waals surface area (Å²) < 4.78 is 1.08. The maximum Gasteiger partial charge on any atom is 0.138 e. The van der Waals surface area contributed by atoms with Gasteiger partial charge in [0.15, 0.2) is 0 Å². The van der Waals surface area contributed by atoms with E-state index in [4.69, 9.17) is 4.99 Å². The Kier molecular flexibility index (Phi) is 4.02. The van der Waals surface area contributed by atoms with Crippen molar-refractivity contribution in [1.82, 2.24) is 9.80 Å². The number of aliphatic imine (C=N–C) groups is 1. The topological polar surface area (TPSA) is 22.1 Å². The van der Waals surface area contributed by atoms with Crippen molar-refractivity contribution in [3.8, 4) is 0 Å². The minimum absolute atomic E-state index is 1.03. The average Bonchev–Trinajstić information content (AvgIpc) is 2.79. The Balaban J connectivity index is 1.72. The lowest BCUT2D eigenvalue weighted by atomic mass is 9.96. The summed E-state index contributed by atoms with van der Waals surface area (Å²) in [7, 11) is 2.20. The van der Waals surface area contributed by atoms with Gasteiger partial charge in [0.25, 0.3) is 0 Å². The van der Waals surface area contributed by atoms with E-state index in [-0.39, 0.29) is 0 Å². The number of likely N-dealkylation sites (N-methyl/N-ethyl adjacent to an activating group) is 1. The molecule has 0 N–H and O–H groups in total. The molecule has 0 unspecified atom stereocenters. The van der Waals surface area contributed by atoms with Gasteiger partial charge in [-0.1, -0.05) is 28.1 Å². The number of amidine groups is 1. The fourth-order valence-electron chi connectivity index (χ4n) is 4.32. The van der Waals surface area contributed by atoms with E-state index in [0.717, 1.165) is 55.1 Å². The van der Waals surface area contributed by atoms with Crippen LogP contribution in [0, 0.1) is 0 Å². The number of hydrogen-bond donors (Lipinski definition) is 0. The lowest BCUT2D eigenvalue weighted by molar-refractivity contribution is 0.216. The molecule has 0 bridgehead atoms. The molecule has 0 amide bonds. The zero-order valence-electron chi connectivity index (χ0n) is 15.1. The number of rotatable bonds is 0. The van der Waals surface area contributed by atoms with Gasteiger partial charge in [-0.3, -0.25) is 0 Å². The van der Waals surface area contributed by atoms with Crippen LogP contribution in [0.25, 0.3) is 0 Å². The van der Waals surface area contributed by atoms with E-state index >= 15 is 0 Å². The number of benzene rings is 2. The Hall–Kier alpha value is -1.85. The molecule has 0 aromatic heterocycles. The molecule has 0 saturated carbocycles. The number of fused-ring (bicyclic) bond motifs is 2. The molecule has 134 valence electrons. The Morgan fingerprint density at radius 3 is 2.69 bits per heavy atom. The van der Waals surface area contributed by atoms with E-state index in [1.165, 1.54) is 28.9 Å². The van der Waals surface area contributed by atoms with E-state index in [9.17, 15) is 0 Å². The van der Waals surface area contributed by atoms with Gasteiger partial charge in [-0.2, -0.15) is 0 Å². The van der Waals surface area contributed by atoms with Crippen LogP contribution in [0.3, 0.4) is 0 Å². The van der Waals surface area contributed by atoms with Crippen molar-refractivity contribution >= 4 is 38.8 Å². The van der Waals surface area contributed by atoms with Crippen molar-refractivity contribution in [1.29, 1.82) is 0 Å². The third-order valence-corrected chi connectivity index (χ3v) is 6.21. The predicted molar refractivity (Wildman–Crippen MR) is 111 cm³/mol. The van der Waals surface area contributed by atoms with Crippen LogP contribution in [0.2, 0.25) is 0 Å². The maximum atomic E-state index is 5.21. The van der Waals surface area contributed by atoms with Gasteiger partial charge < -0.3 is 14.7 Å². The quantitative estimate of drug-likeness (QED) is 0.650. The molecule has 5 heteroatoms. The first-order chi connectivity index (χ1) is 12.7. The molecule has 3 aliphatic heterocycles. The summed E-state index contributed by atoms with van der Waals surface area (Å²) >= 11 is 3.64. The van der Waals surface area contributed by atoms with Crippen LogP contribution in [0.5, 0.6) is 0 Å². The second-order valence-corrected chi connectivity index (χ2v) is 8.34. The molecule has 3 heterocycles. The van der Waals surface area contributed by atoms with Crippen molar-refractivity contribution in [3.63, 3.8) is 0 Å². The van der Waals surface area contributed by atoms with Gasteiger partial charge in [0.05, 0.1) is 17.1 Å². The molecule has 26 heavy (non-hydrogen) atoms. The molecular weight excluding hydrogens is 388 g/mol. The molecule has 3 aliphatic rings. The third-order valence-electron chi connectivity index (χ3n) is 5.72. The van der Waals surface area contributed by atoms with Crippen molar-refractivity contribution in [2.75, 3.05) is 44.7 Å². The third kappa shape index (κ3) is 2.65. The molecule has 4 nitrogen and oxygen atoms in total. The van der Waals surface area contributed by atoms with Gasteiger partial charge in [0.2, 0.25) is 0 Å². The molecule has 0 aliphatic carbocycles. The molecule has 0 spiro atoms. The number of halogens is 1. The standard InChI is InChI=1S/C21H23BrN4/c1-24-10-12-25(13-11-24)21-17-6-2-4-15-5-3-9-26(20(15)17)19-8-7-16(22)14-18(19)23-21/h2,4,6-8,14H,3,5,9-13H2,1H3. The van der Waals surface area contributed by atoms with Gasteiger partial charge >= 0.3 is 0 Å². The van der Waals surface area contributed by atoms with Crippen molar-refractivity contribution in [2.24, 2.45) is 4.99 Å². The van der Waals surface area contributed by atoms with Crippen LogP contribution in [0.15, 0.2) is 45.9 Å². The first-order valence-electron chi connectivity index (χ1n) is 9.42. The Morgan fingerprint density at radius 1 is 1.00 bits per heavy atom. The smallest absolute Gasteiger partial charge is 0.138 e. The Morgan fingerprint density at radius 2 is 1.85 bits per heavy atom. The van der Waals surface area contributed by atoms with Crippen molar-refractivity contribution in [2.45, 2.75) is 12.8 Å². The van der Waals surface area contributed by atoms with Gasteiger partial charge in [0, 0.05) is 42.8 Å². The fourth-order valence-corrected chi connectivity index (χ4v) is 4.67. The van der Waals surface area contributed by atoms with E-state index in [0.29, 0.717) is 0 Å². The molecule has 2 aromatic carbocycles. The zero-order chi connectivity index (χ0) is 17.7. The Bertz CT molecular complexity index is 884. The highest BCUT2D eigenvalue weighted by atomic mass is 79.9. The van der Waals surface area contributed by atoms with Gasteiger partial charge in [-0.05, 0) is 49.7 Å². The number of nitrogens with zero attached hydrogens (tertiary/aromatic N) is 4. The number of anilines is 2. The lowest BCUT2D eigenvalue weighted by Gasteiger charge is -2.36. The molecular formula is C21H23BrN4. The molecule has 1 saturated heterocycles. The molecule has 0 radical (unpaired) electrons. The van der Waals surface area contributed by atoms with Gasteiger partial charge in [-0.25, -0.2) is 4.99 Å². The summed E-state index contributed by atoms with van der Waals surface area (Å²) in [5, 5.41) is 0. The summed E-state index contributed by atoms with van der Waals surface area (Å²) in [6.07, 6.45) is 2.34. The van der Waals surface area contributed by atoms with E-state index in [2.05, 4.69) is 74.1 Å². The van der Waals surface area contributed by atoms with Crippen molar-refractivity contribution < 1.29 is 0 Å². The normalized spacial score (nSPS) is 19.5. The van der Waals surface area contributed by atoms with Crippen LogP contribution in [-0.2, 0) is 6.42 Å². The Labute approximate surface area is 163 Å². The second kappa shape index (κ2) is 6.39. The summed E-state index contributed by atoms with van der Waals surface area (Å²) in [5.41, 5.74) is 6.41. The number of aryl methyl sites for hydroxylation is 1. The largest absolute Gasteiger partial charge is 0.353 e. The zero-order valence-corrected chi connectivity index (χ0v) is 16.7. The monoisotopic (exact) mass is 410 g/mol. The molecule has 1 fully saturated rings. The fraction of sp³-hybridized carbons (Fsp3) is 0.381. The first kappa shape index (κ1) is 16.3. The van der Waals surface area contributed by atoms with Crippen molar-refractivity contribution in [3.05, 3.63) is 52.0 Å². The highest BCUT2D eigenvalue weighted by Crippen LogP contribution is 2.44. The highest BCUT2D eigenvalue weighted by molar-refractivity contribution is 9.10. The van der Waals surface area contributed by atoms with Gasteiger partial charge in [-0.15, -0.1) is 0 Å². The number of piperazine rings is 1. The van der Waals surface area contributed by atoms with Crippen LogP contribution in [0.1, 0.15) is 17.5 Å². The average molecular weight is 411 g/mol. The number of hydrogen-bond acceptors (Lipinski definition) is 4. The molecule has 0 atom stereocenters. The summed E-state index contributed by atoms with van der Waals surface area (Å²) in [5.74, 6) is 1.14. The number of para-hydroxylation sites is 1. The SMILES string of the molecule is CN1CCN(C2=Nc3cc(Br)ccc3N3CCCc4cccc2c43)CC1. The minimum atomic E-state index is 1.03. The molecule has 5 rings (SSSR count). The van der Waals surface area contributed by atoms with Gasteiger partial charge in [0.1, 0.15) is 5.84 Å². The summed E-state index contributed by atoms with van der Waals surface area (Å²) in [6, 6.07) is 13.3. The summed E-state index contributed by atoms with van der Waals surface area (Å²) in [4.78, 5) is 12.6. The van der Waals surface area contributed by atoms with Crippen LogP contribution < -0.4 is 4.90 Å². The van der Waals surface area contributed by atoms with Crippen LogP contribution in [-0.4, -0.2) is 55.4 Å². The maximum absolute atomic E-state index is 5.21. The van der Waals surface area contributed by atoms with E-state index in [1.807, 2.05) is 0 Å². The minimum Gasteiger partial charge on any atom is -0.353 e. The van der Waals surface area contributed by atoms with E-state index < -0.39 is 0 Å². The van der Waals surface area contributed by atoms with E-state index in [1.54, 1.807) is 0 Å². The highest BCUT2D eigenvalue weighted by Gasteiger charge is 2.30. The predicted octanol–water partition coefficient (Wildman–Crippen LogP) is 4.17. The van der Waals surface area contributed by atoms with Crippen LogP contribution >= 0.6 is 15.9 Å². The lowest BCUT2D eigenvalue weighted by Crippen LogP contribution is -2.47. The molecule has 2 aromatic rings. The van der Waals surface area contributed by atoms with Crippen LogP contribution in [0.4, 0.5) is 17.1 Å².